The Morgan fingerprint density at radius 3 is 2.83 bits per heavy atom. The van der Waals surface area contributed by atoms with Gasteiger partial charge in [-0.15, -0.1) is 0 Å². The lowest BCUT2D eigenvalue weighted by molar-refractivity contribution is 0.101. The van der Waals surface area contributed by atoms with Gasteiger partial charge in [0, 0.05) is 12.7 Å². The lowest BCUT2D eigenvalue weighted by Crippen LogP contribution is -2.23. The summed E-state index contributed by atoms with van der Waals surface area (Å²) < 4.78 is 5.40. The topological polar surface area (TPSA) is 94.2 Å². The van der Waals surface area contributed by atoms with E-state index < -0.39 is 0 Å². The second-order valence-corrected chi connectivity index (χ2v) is 5.74. The summed E-state index contributed by atoms with van der Waals surface area (Å²) in [5, 5.41) is 0.0938. The van der Waals surface area contributed by atoms with Crippen LogP contribution in [0.1, 0.15) is 27.2 Å². The van der Waals surface area contributed by atoms with Crippen LogP contribution in [-0.2, 0) is 6.54 Å². The molecule has 2 N–H and O–H groups in total. The number of ketones is 1. The van der Waals surface area contributed by atoms with Gasteiger partial charge in [0.05, 0.1) is 24.9 Å². The number of carbonyl (C=O) groups is 1. The Hall–Kier alpha value is -2.41. The van der Waals surface area contributed by atoms with Gasteiger partial charge in [-0.25, -0.2) is 4.98 Å². The molecule has 2 aromatic heterocycles. The Morgan fingerprint density at radius 1 is 1.39 bits per heavy atom. The molecule has 0 unspecified atom stereocenters. The fourth-order valence-corrected chi connectivity index (χ4v) is 3.05. The number of ether oxygens (including phenoxy) is 1. The summed E-state index contributed by atoms with van der Waals surface area (Å²) in [5.74, 6) is 1.14. The molecule has 2 aromatic rings. The zero-order chi connectivity index (χ0) is 16.7. The van der Waals surface area contributed by atoms with Gasteiger partial charge >= 0.3 is 0 Å². The number of nitrogens with zero attached hydrogens (tertiary/aromatic N) is 4. The van der Waals surface area contributed by atoms with E-state index >= 15 is 0 Å². The number of Topliss-reactive ketones (excluding diaryl/α,β-unsaturated/α-hetero) is 1. The van der Waals surface area contributed by atoms with Crippen molar-refractivity contribution in [3.63, 3.8) is 0 Å². The van der Waals surface area contributed by atoms with E-state index in [1.807, 2.05) is 18.7 Å². The van der Waals surface area contributed by atoms with Gasteiger partial charge in [-0.2, -0.15) is 4.98 Å². The summed E-state index contributed by atoms with van der Waals surface area (Å²) in [7, 11) is 1.61. The van der Waals surface area contributed by atoms with Gasteiger partial charge in [-0.3, -0.25) is 9.78 Å². The molecule has 8 heteroatoms. The first kappa shape index (κ1) is 15.5. The van der Waals surface area contributed by atoms with E-state index in [1.165, 1.54) is 0 Å². The highest BCUT2D eigenvalue weighted by Gasteiger charge is 2.32. The molecule has 23 heavy (non-hydrogen) atoms. The van der Waals surface area contributed by atoms with Crippen LogP contribution in [0, 0.1) is 13.8 Å². The Kier molecular flexibility index (Phi) is 3.81. The third-order valence-electron chi connectivity index (χ3n) is 3.91. The maximum Gasteiger partial charge on any atom is 0.223 e. The number of aryl methyl sites for hydroxylation is 1. The third-order valence-corrected chi connectivity index (χ3v) is 4.18. The van der Waals surface area contributed by atoms with Gasteiger partial charge in [0.2, 0.25) is 5.95 Å². The maximum atomic E-state index is 12.2. The highest BCUT2D eigenvalue weighted by molar-refractivity contribution is 6.34. The largest absolute Gasteiger partial charge is 0.495 e. The molecule has 0 aliphatic carbocycles. The van der Waals surface area contributed by atoms with E-state index in [0.717, 1.165) is 22.6 Å². The fraction of sp³-hybridized carbons (Fsp3) is 0.333. The Bertz CT molecular complexity index is 809. The Balaban J connectivity index is 2.00. The van der Waals surface area contributed by atoms with Crippen LogP contribution in [0.5, 0.6) is 5.75 Å². The molecule has 3 heterocycles. The molecule has 0 saturated heterocycles. The van der Waals surface area contributed by atoms with Crippen molar-refractivity contribution in [2.24, 2.45) is 0 Å². The third kappa shape index (κ3) is 2.57. The van der Waals surface area contributed by atoms with Crippen molar-refractivity contribution in [3.8, 4) is 5.75 Å². The quantitative estimate of drug-likeness (QED) is 0.857. The molecule has 1 aliphatic rings. The van der Waals surface area contributed by atoms with E-state index in [9.17, 15) is 4.79 Å². The summed E-state index contributed by atoms with van der Waals surface area (Å²) in [6.07, 6.45) is 1.78. The van der Waals surface area contributed by atoms with E-state index in [-0.39, 0.29) is 23.4 Å². The van der Waals surface area contributed by atoms with Gasteiger partial charge < -0.3 is 15.4 Å². The number of aromatic nitrogens is 3. The average Bonchev–Trinajstić information content (AvgIpc) is 2.79. The molecule has 7 nitrogen and oxygen atoms in total. The van der Waals surface area contributed by atoms with Gasteiger partial charge in [-0.05, 0) is 25.0 Å². The fourth-order valence-electron chi connectivity index (χ4n) is 2.78. The van der Waals surface area contributed by atoms with Crippen LogP contribution in [0.3, 0.4) is 0 Å². The number of halogens is 1. The maximum absolute atomic E-state index is 12.2. The minimum atomic E-state index is -0.116. The Labute approximate surface area is 138 Å². The number of fused-ring (bicyclic) bond motifs is 1. The van der Waals surface area contributed by atoms with Crippen LogP contribution >= 0.6 is 11.6 Å². The number of nitrogens with two attached hydrogens (primary N) is 1. The predicted molar refractivity (Wildman–Crippen MR) is 87.1 cm³/mol. The lowest BCUT2D eigenvalue weighted by atomic mass is 10.1. The number of methoxy groups -OCH3 is 1. The predicted octanol–water partition coefficient (Wildman–Crippen LogP) is 1.94. The molecule has 120 valence electrons. The van der Waals surface area contributed by atoms with Gasteiger partial charge in [0.25, 0.3) is 0 Å². The minimum Gasteiger partial charge on any atom is -0.495 e. The number of nitrogen functional groups attached to an aromatic ring is 1. The summed E-state index contributed by atoms with van der Waals surface area (Å²) >= 11 is 6.03. The number of rotatable bonds is 3. The second-order valence-electron chi connectivity index (χ2n) is 5.38. The molecule has 0 bridgehead atoms. The number of anilines is 2. The SMILES string of the molecule is COc1c(C)ncc(CN2CC(=O)c3c(Cl)nc(N)nc32)c1C. The highest BCUT2D eigenvalue weighted by atomic mass is 35.5. The van der Waals surface area contributed by atoms with E-state index in [2.05, 4.69) is 15.0 Å². The van der Waals surface area contributed by atoms with E-state index in [1.54, 1.807) is 13.3 Å². The van der Waals surface area contributed by atoms with Gasteiger partial charge in [0.15, 0.2) is 5.78 Å². The standard InChI is InChI=1S/C15H16ClN5O2/c1-7-9(4-18-8(2)12(7)23-3)5-21-6-10(22)11-13(16)19-15(17)20-14(11)21/h4H,5-6H2,1-3H3,(H2,17,19,20). The zero-order valence-electron chi connectivity index (χ0n) is 13.1. The monoisotopic (exact) mass is 333 g/mol. The summed E-state index contributed by atoms with van der Waals surface area (Å²) in [6.45, 7) is 4.49. The summed E-state index contributed by atoms with van der Waals surface area (Å²) in [5.41, 5.74) is 8.72. The first-order valence-corrected chi connectivity index (χ1v) is 7.40. The molecule has 3 rings (SSSR count). The van der Waals surface area contributed by atoms with Gasteiger partial charge in [-0.1, -0.05) is 11.6 Å². The van der Waals surface area contributed by atoms with E-state index in [0.29, 0.717) is 17.9 Å². The smallest absolute Gasteiger partial charge is 0.223 e. The highest BCUT2D eigenvalue weighted by Crippen LogP contribution is 2.33. The first-order valence-electron chi connectivity index (χ1n) is 7.02. The van der Waals surface area contributed by atoms with Crippen LogP contribution in [-0.4, -0.2) is 34.4 Å². The van der Waals surface area contributed by atoms with Crippen molar-refractivity contribution in [1.82, 2.24) is 15.0 Å². The summed E-state index contributed by atoms with van der Waals surface area (Å²) in [4.78, 5) is 26.3. The first-order chi connectivity index (χ1) is 10.9. The van der Waals surface area contributed by atoms with Gasteiger partial charge in [0.1, 0.15) is 16.7 Å². The van der Waals surface area contributed by atoms with Crippen molar-refractivity contribution in [3.05, 3.63) is 33.7 Å². The van der Waals surface area contributed by atoms with Crippen LogP contribution in [0.2, 0.25) is 5.15 Å². The molecular formula is C15H16ClN5O2. The normalized spacial score (nSPS) is 13.4. The molecule has 1 aliphatic heterocycles. The second kappa shape index (κ2) is 5.66. The number of hydrogen-bond acceptors (Lipinski definition) is 7. The average molecular weight is 334 g/mol. The molecule has 0 radical (unpaired) electrons. The summed E-state index contributed by atoms with van der Waals surface area (Å²) in [6, 6.07) is 0. The lowest BCUT2D eigenvalue weighted by Gasteiger charge is -2.20. The molecule has 0 aromatic carbocycles. The molecule has 0 saturated carbocycles. The number of carbonyl (C=O) groups excluding carboxylic acids is 1. The molecular weight excluding hydrogens is 318 g/mol. The van der Waals surface area contributed by atoms with Crippen LogP contribution in [0.25, 0.3) is 0 Å². The van der Waals surface area contributed by atoms with Crippen LogP contribution < -0.4 is 15.4 Å². The van der Waals surface area contributed by atoms with Crippen molar-refractivity contribution in [1.29, 1.82) is 0 Å². The van der Waals surface area contributed by atoms with E-state index in [4.69, 9.17) is 22.1 Å². The zero-order valence-corrected chi connectivity index (χ0v) is 13.8. The number of hydrogen-bond donors (Lipinski definition) is 1. The van der Waals surface area contributed by atoms with Crippen molar-refractivity contribution in [2.75, 3.05) is 24.3 Å². The molecule has 0 spiro atoms. The minimum absolute atomic E-state index is 0.0461. The molecule has 0 fully saturated rings. The van der Waals surface area contributed by atoms with Crippen molar-refractivity contribution < 1.29 is 9.53 Å². The van der Waals surface area contributed by atoms with Crippen molar-refractivity contribution in [2.45, 2.75) is 20.4 Å². The van der Waals surface area contributed by atoms with Crippen LogP contribution in [0.4, 0.5) is 11.8 Å². The van der Waals surface area contributed by atoms with Crippen molar-refractivity contribution >= 4 is 29.2 Å². The molecule has 0 atom stereocenters. The molecule has 0 amide bonds. The van der Waals surface area contributed by atoms with Crippen LogP contribution in [0.15, 0.2) is 6.20 Å². The Morgan fingerprint density at radius 2 is 2.13 bits per heavy atom. The number of pyridine rings is 1.